The van der Waals surface area contributed by atoms with Crippen LogP contribution in [0.5, 0.6) is 0 Å². The molecule has 2 nitrogen and oxygen atoms in total. The van der Waals surface area contributed by atoms with Crippen molar-refractivity contribution in [2.45, 2.75) is 12.5 Å². The van der Waals surface area contributed by atoms with Crippen LogP contribution in [0, 0.1) is 0 Å². The normalized spacial score (nSPS) is 27.7. The molecule has 58 valence electrons. The molecule has 1 heterocycles. The van der Waals surface area contributed by atoms with E-state index in [1.54, 1.807) is 19.4 Å². The molecular weight excluding hydrogens is 296 g/mol. The van der Waals surface area contributed by atoms with Gasteiger partial charge in [0.2, 0.25) is 0 Å². The number of nitrogens with zero attached hydrogens (tertiary/aromatic N) is 2. The second-order valence-electron chi connectivity index (χ2n) is 2.98. The molecule has 1 atom stereocenters. The monoisotopic (exact) mass is 310 g/mol. The van der Waals surface area contributed by atoms with E-state index in [4.69, 9.17) is 0 Å². The molecule has 1 aliphatic rings. The third-order valence-corrected chi connectivity index (χ3v) is 3.30. The van der Waals surface area contributed by atoms with Crippen LogP contribution in [0.2, 0.25) is 0 Å². The summed E-state index contributed by atoms with van der Waals surface area (Å²) in [7, 11) is 4.37. The molecule has 1 saturated heterocycles. The van der Waals surface area contributed by atoms with Gasteiger partial charge >= 0.3 is 73.3 Å². The summed E-state index contributed by atoms with van der Waals surface area (Å²) in [6.45, 7) is 2.50. The Hall–Kier alpha value is 0.478. The van der Waals surface area contributed by atoms with Crippen molar-refractivity contribution in [2.24, 2.45) is 0 Å². The Labute approximate surface area is 73.6 Å². The summed E-state index contributed by atoms with van der Waals surface area (Å²) in [6, 6.07) is 0.780. The fraction of sp³-hybridized carbons (Fsp3) is 0.857. The SMILES string of the molecule is CN1CC[C@H](N(C)[CH]=[W])C1. The van der Waals surface area contributed by atoms with Crippen molar-refractivity contribution in [3.05, 3.63) is 0 Å². The van der Waals surface area contributed by atoms with Gasteiger partial charge in [0, 0.05) is 0 Å². The third-order valence-electron chi connectivity index (χ3n) is 2.11. The summed E-state index contributed by atoms with van der Waals surface area (Å²) < 4.78 is 2.24. The van der Waals surface area contributed by atoms with E-state index in [9.17, 15) is 0 Å². The average molecular weight is 310 g/mol. The molecule has 0 aromatic heterocycles. The van der Waals surface area contributed by atoms with Crippen molar-refractivity contribution in [1.82, 2.24) is 9.80 Å². The fourth-order valence-electron chi connectivity index (χ4n) is 1.33. The van der Waals surface area contributed by atoms with E-state index in [2.05, 4.69) is 28.4 Å². The van der Waals surface area contributed by atoms with E-state index in [1.807, 2.05) is 0 Å². The summed E-state index contributed by atoms with van der Waals surface area (Å²) in [4.78, 5) is 4.73. The second-order valence-corrected chi connectivity index (χ2v) is 3.73. The molecule has 0 unspecified atom stereocenters. The van der Waals surface area contributed by atoms with Crippen LogP contribution in [-0.4, -0.2) is 47.6 Å². The minimum absolute atomic E-state index is 0.780. The van der Waals surface area contributed by atoms with Gasteiger partial charge < -0.3 is 0 Å². The van der Waals surface area contributed by atoms with Crippen LogP contribution in [0.15, 0.2) is 0 Å². The van der Waals surface area contributed by atoms with E-state index >= 15 is 0 Å². The van der Waals surface area contributed by atoms with Gasteiger partial charge in [-0.3, -0.25) is 0 Å². The molecule has 3 heteroatoms. The molecule has 0 spiro atoms. The molecule has 0 N–H and O–H groups in total. The van der Waals surface area contributed by atoms with Gasteiger partial charge in [-0.25, -0.2) is 0 Å². The van der Waals surface area contributed by atoms with Crippen LogP contribution in [0.25, 0.3) is 0 Å². The fourth-order valence-corrected chi connectivity index (χ4v) is 1.95. The van der Waals surface area contributed by atoms with Crippen molar-refractivity contribution in [3.63, 3.8) is 0 Å². The Morgan fingerprint density at radius 1 is 1.70 bits per heavy atom. The first-order chi connectivity index (χ1) is 4.74. The molecular formula is C7H14N2W. The van der Waals surface area contributed by atoms with Crippen LogP contribution in [0.1, 0.15) is 6.42 Å². The molecule has 0 aliphatic carbocycles. The van der Waals surface area contributed by atoms with E-state index in [0.29, 0.717) is 0 Å². The van der Waals surface area contributed by atoms with E-state index in [1.165, 1.54) is 19.5 Å². The van der Waals surface area contributed by atoms with Gasteiger partial charge in [0.1, 0.15) is 0 Å². The molecule has 0 radical (unpaired) electrons. The minimum atomic E-state index is 0.780. The van der Waals surface area contributed by atoms with Crippen LogP contribution < -0.4 is 0 Å². The van der Waals surface area contributed by atoms with Crippen molar-refractivity contribution in [3.8, 4) is 0 Å². The number of hydrogen-bond acceptors (Lipinski definition) is 2. The Morgan fingerprint density at radius 2 is 2.40 bits per heavy atom. The van der Waals surface area contributed by atoms with Gasteiger partial charge in [-0.2, -0.15) is 0 Å². The molecule has 0 aromatic rings. The zero-order chi connectivity index (χ0) is 7.56. The maximum atomic E-state index is 2.39. The Kier molecular flexibility index (Phi) is 3.22. The summed E-state index contributed by atoms with van der Waals surface area (Å²) in [5.74, 6) is 0. The maximum absolute atomic E-state index is 2.39. The van der Waals surface area contributed by atoms with E-state index in [-0.39, 0.29) is 0 Å². The van der Waals surface area contributed by atoms with Gasteiger partial charge in [0.15, 0.2) is 0 Å². The molecule has 0 amide bonds. The van der Waals surface area contributed by atoms with Crippen LogP contribution in [0.3, 0.4) is 0 Å². The van der Waals surface area contributed by atoms with E-state index < -0.39 is 0 Å². The zero-order valence-corrected chi connectivity index (χ0v) is 9.51. The van der Waals surface area contributed by atoms with Crippen molar-refractivity contribution in [1.29, 1.82) is 0 Å². The molecule has 10 heavy (non-hydrogen) atoms. The number of rotatable bonds is 2. The summed E-state index contributed by atoms with van der Waals surface area (Å²) in [6.07, 6.45) is 1.33. The van der Waals surface area contributed by atoms with Crippen molar-refractivity contribution < 1.29 is 19.4 Å². The van der Waals surface area contributed by atoms with Gasteiger partial charge in [-0.05, 0) is 0 Å². The van der Waals surface area contributed by atoms with Gasteiger partial charge in [-0.15, -0.1) is 0 Å². The number of likely N-dealkylation sites (tertiary alicyclic amines) is 1. The molecule has 1 fully saturated rings. The predicted octanol–water partition coefficient (Wildman–Crippen LogP) is -0.0712. The van der Waals surface area contributed by atoms with Crippen molar-refractivity contribution in [2.75, 3.05) is 27.2 Å². The van der Waals surface area contributed by atoms with Crippen molar-refractivity contribution >= 4 is 4.52 Å². The Bertz CT molecular complexity index is 127. The first-order valence-corrected chi connectivity index (χ1v) is 5.29. The van der Waals surface area contributed by atoms with Gasteiger partial charge in [0.25, 0.3) is 0 Å². The number of hydrogen-bond donors (Lipinski definition) is 0. The predicted molar refractivity (Wildman–Crippen MR) is 39.7 cm³/mol. The third kappa shape index (κ3) is 1.98. The van der Waals surface area contributed by atoms with Gasteiger partial charge in [0.05, 0.1) is 0 Å². The number of likely N-dealkylation sites (N-methyl/N-ethyl adjacent to an activating group) is 2. The first-order valence-electron chi connectivity index (χ1n) is 3.60. The van der Waals surface area contributed by atoms with Crippen LogP contribution in [-0.2, 0) is 19.4 Å². The first kappa shape index (κ1) is 8.57. The second kappa shape index (κ2) is 3.75. The summed E-state index contributed by atoms with van der Waals surface area (Å²) >= 11 is 1.55. The average Bonchev–Trinajstić information content (AvgIpc) is 2.34. The van der Waals surface area contributed by atoms with Crippen LogP contribution >= 0.6 is 0 Å². The van der Waals surface area contributed by atoms with Crippen LogP contribution in [0.4, 0.5) is 0 Å². The standard InChI is InChI=1S/C7H14N2.W/c1-8(2)7-4-5-9(3)6-7;/h1,7H,4-6H2,2-3H3;/t7-;/m0./s1. The Morgan fingerprint density at radius 3 is 2.80 bits per heavy atom. The zero-order valence-electron chi connectivity index (χ0n) is 6.58. The topological polar surface area (TPSA) is 6.48 Å². The molecule has 0 saturated carbocycles. The quantitative estimate of drug-likeness (QED) is 0.704. The van der Waals surface area contributed by atoms with Gasteiger partial charge in [-0.1, -0.05) is 0 Å². The van der Waals surface area contributed by atoms with E-state index in [0.717, 1.165) is 6.04 Å². The summed E-state index contributed by atoms with van der Waals surface area (Å²) in [5.41, 5.74) is 0. The molecule has 0 aromatic carbocycles. The molecule has 0 bridgehead atoms. The molecule has 1 aliphatic heterocycles. The molecule has 1 rings (SSSR count). The summed E-state index contributed by atoms with van der Waals surface area (Å²) in [5, 5.41) is 0. The Balaban J connectivity index is 2.36.